The predicted octanol–water partition coefficient (Wildman–Crippen LogP) is 2.78. The van der Waals surface area contributed by atoms with E-state index >= 15 is 0 Å². The van der Waals surface area contributed by atoms with Crippen molar-refractivity contribution >= 4 is 21.6 Å². The average Bonchev–Trinajstić information content (AvgIpc) is 3.28. The van der Waals surface area contributed by atoms with Crippen LogP contribution in [0.2, 0.25) is 0 Å². The van der Waals surface area contributed by atoms with Gasteiger partial charge in [0, 0.05) is 25.2 Å². The van der Waals surface area contributed by atoms with Gasteiger partial charge in [-0.1, -0.05) is 18.2 Å². The van der Waals surface area contributed by atoms with E-state index in [9.17, 15) is 13.2 Å². The lowest BCUT2D eigenvalue weighted by molar-refractivity contribution is -0.117. The first-order chi connectivity index (χ1) is 12.5. The average molecular weight is 370 g/mol. The van der Waals surface area contributed by atoms with Crippen molar-refractivity contribution in [1.29, 1.82) is 0 Å². The third kappa shape index (κ3) is 3.39. The van der Waals surface area contributed by atoms with Gasteiger partial charge in [-0.05, 0) is 66.6 Å². The SMILES string of the molecule is O=C1CCCN1c1cccc(CNS(=O)(=O)c2ccc3c(c2)CCC3)c1. The molecule has 26 heavy (non-hydrogen) atoms. The summed E-state index contributed by atoms with van der Waals surface area (Å²) in [6.07, 6.45) is 4.52. The molecular weight excluding hydrogens is 348 g/mol. The molecular formula is C20H22N2O3S. The Hall–Kier alpha value is -2.18. The summed E-state index contributed by atoms with van der Waals surface area (Å²) in [5.41, 5.74) is 4.07. The molecule has 1 aliphatic carbocycles. The maximum absolute atomic E-state index is 12.6. The summed E-state index contributed by atoms with van der Waals surface area (Å²) >= 11 is 0. The molecule has 1 amide bonds. The fourth-order valence-corrected chi connectivity index (χ4v) is 4.80. The van der Waals surface area contributed by atoms with E-state index in [2.05, 4.69) is 4.72 Å². The van der Waals surface area contributed by atoms with E-state index in [0.717, 1.165) is 49.0 Å². The molecule has 1 aliphatic heterocycles. The van der Waals surface area contributed by atoms with Crippen LogP contribution in [-0.2, 0) is 34.2 Å². The van der Waals surface area contributed by atoms with Gasteiger partial charge in [0.1, 0.15) is 0 Å². The van der Waals surface area contributed by atoms with Gasteiger partial charge in [-0.15, -0.1) is 0 Å². The Morgan fingerprint density at radius 3 is 2.62 bits per heavy atom. The van der Waals surface area contributed by atoms with Crippen LogP contribution in [0.3, 0.4) is 0 Å². The van der Waals surface area contributed by atoms with E-state index in [-0.39, 0.29) is 12.5 Å². The number of carbonyl (C=O) groups excluding carboxylic acids is 1. The number of anilines is 1. The van der Waals surface area contributed by atoms with E-state index < -0.39 is 10.0 Å². The number of sulfonamides is 1. The molecule has 4 rings (SSSR count). The van der Waals surface area contributed by atoms with Crippen molar-refractivity contribution in [3.63, 3.8) is 0 Å². The molecule has 1 heterocycles. The minimum atomic E-state index is -3.55. The molecule has 0 saturated carbocycles. The first-order valence-electron chi connectivity index (χ1n) is 9.04. The Morgan fingerprint density at radius 2 is 1.81 bits per heavy atom. The van der Waals surface area contributed by atoms with E-state index in [4.69, 9.17) is 0 Å². The van der Waals surface area contributed by atoms with Gasteiger partial charge in [0.25, 0.3) is 0 Å². The molecule has 6 heteroatoms. The second kappa shape index (κ2) is 6.85. The van der Waals surface area contributed by atoms with Crippen molar-refractivity contribution < 1.29 is 13.2 Å². The molecule has 0 bridgehead atoms. The molecule has 2 aromatic carbocycles. The van der Waals surface area contributed by atoms with Gasteiger partial charge in [0.15, 0.2) is 0 Å². The first kappa shape index (κ1) is 17.2. The molecule has 0 atom stereocenters. The number of amides is 1. The summed E-state index contributed by atoms with van der Waals surface area (Å²) < 4.78 is 27.9. The fourth-order valence-electron chi connectivity index (χ4n) is 3.73. The predicted molar refractivity (Wildman–Crippen MR) is 101 cm³/mol. The Balaban J connectivity index is 1.49. The lowest BCUT2D eigenvalue weighted by Crippen LogP contribution is -2.25. The molecule has 2 aromatic rings. The molecule has 0 unspecified atom stereocenters. The highest BCUT2D eigenvalue weighted by Crippen LogP contribution is 2.25. The highest BCUT2D eigenvalue weighted by Gasteiger charge is 2.22. The third-order valence-electron chi connectivity index (χ3n) is 5.14. The largest absolute Gasteiger partial charge is 0.312 e. The van der Waals surface area contributed by atoms with Gasteiger partial charge in [0.05, 0.1) is 4.90 Å². The van der Waals surface area contributed by atoms with Crippen molar-refractivity contribution in [3.05, 3.63) is 59.2 Å². The van der Waals surface area contributed by atoms with Crippen LogP contribution >= 0.6 is 0 Å². The molecule has 5 nitrogen and oxygen atoms in total. The van der Waals surface area contributed by atoms with E-state index in [0.29, 0.717) is 11.3 Å². The van der Waals surface area contributed by atoms with Crippen LogP contribution in [0.25, 0.3) is 0 Å². The number of aryl methyl sites for hydroxylation is 2. The van der Waals surface area contributed by atoms with Gasteiger partial charge in [-0.3, -0.25) is 4.79 Å². The molecule has 0 spiro atoms. The zero-order chi connectivity index (χ0) is 18.1. The van der Waals surface area contributed by atoms with E-state index in [1.54, 1.807) is 17.0 Å². The lowest BCUT2D eigenvalue weighted by Gasteiger charge is -2.16. The van der Waals surface area contributed by atoms with Gasteiger partial charge < -0.3 is 4.90 Å². The summed E-state index contributed by atoms with van der Waals surface area (Å²) in [6, 6.07) is 12.9. The smallest absolute Gasteiger partial charge is 0.240 e. The highest BCUT2D eigenvalue weighted by molar-refractivity contribution is 7.89. The minimum Gasteiger partial charge on any atom is -0.312 e. The topological polar surface area (TPSA) is 66.5 Å². The monoisotopic (exact) mass is 370 g/mol. The van der Waals surface area contributed by atoms with E-state index in [1.165, 1.54) is 5.56 Å². The molecule has 1 fully saturated rings. The Labute approximate surface area is 154 Å². The summed E-state index contributed by atoms with van der Waals surface area (Å²) in [7, 11) is -3.55. The number of nitrogens with one attached hydrogen (secondary N) is 1. The molecule has 1 saturated heterocycles. The maximum Gasteiger partial charge on any atom is 0.240 e. The fraction of sp³-hybridized carbons (Fsp3) is 0.350. The number of hydrogen-bond acceptors (Lipinski definition) is 3. The Bertz CT molecular complexity index is 953. The van der Waals surface area contributed by atoms with Crippen molar-refractivity contribution in [2.24, 2.45) is 0 Å². The molecule has 0 radical (unpaired) electrons. The molecule has 2 aliphatic rings. The maximum atomic E-state index is 12.6. The second-order valence-electron chi connectivity index (χ2n) is 6.93. The molecule has 136 valence electrons. The van der Waals surface area contributed by atoms with Gasteiger partial charge in [-0.2, -0.15) is 0 Å². The molecule has 1 N–H and O–H groups in total. The van der Waals surface area contributed by atoms with Crippen LogP contribution in [0.4, 0.5) is 5.69 Å². The van der Waals surface area contributed by atoms with Crippen LogP contribution in [0.15, 0.2) is 47.4 Å². The summed E-state index contributed by atoms with van der Waals surface area (Å²) in [5, 5.41) is 0. The number of nitrogens with zero attached hydrogens (tertiary/aromatic N) is 1. The Morgan fingerprint density at radius 1 is 0.962 bits per heavy atom. The number of fused-ring (bicyclic) bond motifs is 1. The van der Waals surface area contributed by atoms with Crippen molar-refractivity contribution in [3.8, 4) is 0 Å². The lowest BCUT2D eigenvalue weighted by atomic mass is 10.1. The van der Waals surface area contributed by atoms with Crippen molar-refractivity contribution in [1.82, 2.24) is 4.72 Å². The summed E-state index contributed by atoms with van der Waals surface area (Å²) in [6.45, 7) is 0.929. The quantitative estimate of drug-likeness (QED) is 0.880. The van der Waals surface area contributed by atoms with Gasteiger partial charge in [-0.25, -0.2) is 13.1 Å². The molecule has 0 aromatic heterocycles. The standard InChI is InChI=1S/C20H22N2O3S/c23-20-8-3-11-22(20)18-7-1-4-15(12-18)14-21-26(24,25)19-10-9-16-5-2-6-17(16)13-19/h1,4,7,9-10,12-13,21H,2-3,5-6,8,11,14H2. The zero-order valence-corrected chi connectivity index (χ0v) is 15.4. The highest BCUT2D eigenvalue weighted by atomic mass is 32.2. The summed E-state index contributed by atoms with van der Waals surface area (Å²) in [5.74, 6) is 0.126. The Kier molecular flexibility index (Phi) is 4.54. The van der Waals surface area contributed by atoms with Crippen molar-refractivity contribution in [2.75, 3.05) is 11.4 Å². The van der Waals surface area contributed by atoms with Crippen LogP contribution in [0.5, 0.6) is 0 Å². The van der Waals surface area contributed by atoms with Gasteiger partial charge >= 0.3 is 0 Å². The summed E-state index contributed by atoms with van der Waals surface area (Å²) in [4.78, 5) is 14.0. The third-order valence-corrected chi connectivity index (χ3v) is 6.54. The van der Waals surface area contributed by atoms with Crippen LogP contribution in [0, 0.1) is 0 Å². The minimum absolute atomic E-state index is 0.126. The van der Waals surface area contributed by atoms with E-state index in [1.807, 2.05) is 30.3 Å². The zero-order valence-electron chi connectivity index (χ0n) is 14.6. The number of carbonyl (C=O) groups is 1. The normalized spacial score (nSPS) is 16.9. The van der Waals surface area contributed by atoms with Crippen molar-refractivity contribution in [2.45, 2.75) is 43.5 Å². The second-order valence-corrected chi connectivity index (χ2v) is 8.69. The van der Waals surface area contributed by atoms with Gasteiger partial charge in [0.2, 0.25) is 15.9 Å². The van der Waals surface area contributed by atoms with Crippen LogP contribution in [-0.4, -0.2) is 20.9 Å². The number of hydrogen-bond donors (Lipinski definition) is 1. The van der Waals surface area contributed by atoms with Crippen LogP contribution in [0.1, 0.15) is 36.0 Å². The first-order valence-corrected chi connectivity index (χ1v) is 10.5. The number of rotatable bonds is 5. The van der Waals surface area contributed by atoms with Crippen LogP contribution < -0.4 is 9.62 Å². The number of benzene rings is 2.